The minimum atomic E-state index is -0.473. The maximum absolute atomic E-state index is 12.6. The summed E-state index contributed by atoms with van der Waals surface area (Å²) in [6.07, 6.45) is 3.10. The molecule has 0 bridgehead atoms. The highest BCUT2D eigenvalue weighted by molar-refractivity contribution is 5.57. The maximum Gasteiger partial charge on any atom is 0.281 e. The van der Waals surface area contributed by atoms with E-state index in [-0.39, 0.29) is 29.5 Å². The van der Waals surface area contributed by atoms with Gasteiger partial charge in [0.15, 0.2) is 5.69 Å². The van der Waals surface area contributed by atoms with Gasteiger partial charge in [-0.3, -0.25) is 9.36 Å². The number of aromatic hydroxyl groups is 1. The third kappa shape index (κ3) is 3.29. The predicted molar refractivity (Wildman–Crippen MR) is 82.0 cm³/mol. The number of pyridine rings is 1. The molecule has 2 aromatic rings. The van der Waals surface area contributed by atoms with Crippen molar-refractivity contribution in [3.63, 3.8) is 0 Å². The topological polar surface area (TPSA) is 117 Å². The van der Waals surface area contributed by atoms with E-state index in [0.29, 0.717) is 24.8 Å². The Balaban J connectivity index is 2.68. The zero-order valence-electron chi connectivity index (χ0n) is 13.0. The van der Waals surface area contributed by atoms with Gasteiger partial charge in [-0.15, -0.1) is 10.2 Å². The van der Waals surface area contributed by atoms with Crippen LogP contribution in [0.1, 0.15) is 37.8 Å². The number of nitrogens with zero attached hydrogens (tertiary/aromatic N) is 5. The second-order valence-corrected chi connectivity index (χ2v) is 4.90. The van der Waals surface area contributed by atoms with Crippen molar-refractivity contribution in [2.45, 2.75) is 39.7 Å². The molecule has 0 atom stereocenters. The van der Waals surface area contributed by atoms with Gasteiger partial charge in [0, 0.05) is 18.2 Å². The lowest BCUT2D eigenvalue weighted by atomic mass is 10.0. The maximum atomic E-state index is 12.6. The van der Waals surface area contributed by atoms with E-state index in [9.17, 15) is 15.2 Å². The number of rotatable bonds is 6. The first-order chi connectivity index (χ1) is 11.1. The summed E-state index contributed by atoms with van der Waals surface area (Å²) in [5, 5.41) is 31.0. The van der Waals surface area contributed by atoms with E-state index in [1.165, 1.54) is 12.3 Å². The van der Waals surface area contributed by atoms with Crippen LogP contribution >= 0.6 is 0 Å². The SMILES string of the molecule is CCCc1c(C#N)c(O)n(CCC)c(=O)c1N=Nc1ccon1. The molecule has 8 heteroatoms. The van der Waals surface area contributed by atoms with E-state index in [2.05, 4.69) is 19.9 Å². The first-order valence-electron chi connectivity index (χ1n) is 7.34. The molecule has 0 saturated heterocycles. The quantitative estimate of drug-likeness (QED) is 0.821. The first-order valence-corrected chi connectivity index (χ1v) is 7.34. The van der Waals surface area contributed by atoms with Crippen molar-refractivity contribution in [3.8, 4) is 11.9 Å². The summed E-state index contributed by atoms with van der Waals surface area (Å²) in [5.74, 6) is -0.0938. The van der Waals surface area contributed by atoms with Crippen LogP contribution in [0.15, 0.2) is 31.9 Å². The van der Waals surface area contributed by atoms with Crippen molar-refractivity contribution in [3.05, 3.63) is 33.8 Å². The molecule has 0 aromatic carbocycles. The molecule has 0 aliphatic heterocycles. The third-order valence-corrected chi connectivity index (χ3v) is 3.25. The van der Waals surface area contributed by atoms with Crippen molar-refractivity contribution >= 4 is 11.5 Å². The van der Waals surface area contributed by atoms with Crippen molar-refractivity contribution in [1.29, 1.82) is 5.26 Å². The Kier molecular flexibility index (Phi) is 5.25. The molecule has 0 spiro atoms. The van der Waals surface area contributed by atoms with E-state index >= 15 is 0 Å². The summed E-state index contributed by atoms with van der Waals surface area (Å²) in [5.41, 5.74) is 0.0443. The highest BCUT2D eigenvalue weighted by atomic mass is 16.5. The molecule has 0 aliphatic rings. The van der Waals surface area contributed by atoms with Crippen molar-refractivity contribution in [2.24, 2.45) is 10.2 Å². The molecule has 2 rings (SSSR count). The molecule has 0 unspecified atom stereocenters. The number of hydrogen-bond donors (Lipinski definition) is 1. The molecule has 1 N–H and O–H groups in total. The van der Waals surface area contributed by atoms with Gasteiger partial charge in [-0.25, -0.2) is 0 Å². The molecule has 0 aliphatic carbocycles. The standard InChI is InChI=1S/C15H17N5O3/c1-3-5-10-11(9-16)14(21)20(7-4-2)15(22)13(10)18-17-12-6-8-23-19-12/h6,8,21H,3-5,7H2,1-2H3. The number of hydrogen-bond acceptors (Lipinski definition) is 7. The Morgan fingerprint density at radius 1 is 1.39 bits per heavy atom. The fourth-order valence-corrected chi connectivity index (χ4v) is 2.25. The van der Waals surface area contributed by atoms with Gasteiger partial charge in [0.25, 0.3) is 5.56 Å². The molecule has 0 saturated carbocycles. The largest absolute Gasteiger partial charge is 0.493 e. The smallest absolute Gasteiger partial charge is 0.281 e. The molecule has 0 fully saturated rings. The Bertz CT molecular complexity index is 800. The van der Waals surface area contributed by atoms with Crippen LogP contribution in [0.25, 0.3) is 0 Å². The Morgan fingerprint density at radius 2 is 2.17 bits per heavy atom. The zero-order chi connectivity index (χ0) is 16.8. The van der Waals surface area contributed by atoms with Crippen molar-refractivity contribution in [1.82, 2.24) is 9.72 Å². The molecule has 0 amide bonds. The van der Waals surface area contributed by atoms with E-state index < -0.39 is 5.56 Å². The zero-order valence-corrected chi connectivity index (χ0v) is 13.0. The molecule has 8 nitrogen and oxygen atoms in total. The van der Waals surface area contributed by atoms with E-state index in [1.54, 1.807) is 0 Å². The van der Waals surface area contributed by atoms with Gasteiger partial charge < -0.3 is 9.63 Å². The van der Waals surface area contributed by atoms with Gasteiger partial charge in [0.2, 0.25) is 11.7 Å². The molecular weight excluding hydrogens is 298 g/mol. The summed E-state index contributed by atoms with van der Waals surface area (Å²) in [4.78, 5) is 12.6. The molecule has 0 radical (unpaired) electrons. The van der Waals surface area contributed by atoms with Crippen LogP contribution in [-0.2, 0) is 13.0 Å². The summed E-state index contributed by atoms with van der Waals surface area (Å²) >= 11 is 0. The molecule has 2 aromatic heterocycles. The van der Waals surface area contributed by atoms with Crippen LogP contribution < -0.4 is 5.56 Å². The normalized spacial score (nSPS) is 11.0. The van der Waals surface area contributed by atoms with Crippen LogP contribution in [0.3, 0.4) is 0 Å². The summed E-state index contributed by atoms with van der Waals surface area (Å²) in [6.45, 7) is 4.07. The van der Waals surface area contributed by atoms with Crippen molar-refractivity contribution < 1.29 is 9.63 Å². The Morgan fingerprint density at radius 3 is 2.74 bits per heavy atom. The van der Waals surface area contributed by atoms with Gasteiger partial charge in [0.05, 0.1) is 0 Å². The minimum Gasteiger partial charge on any atom is -0.493 e. The van der Waals surface area contributed by atoms with Crippen molar-refractivity contribution in [2.75, 3.05) is 0 Å². The third-order valence-electron chi connectivity index (χ3n) is 3.25. The second kappa shape index (κ2) is 7.35. The first kappa shape index (κ1) is 16.4. The van der Waals surface area contributed by atoms with Crippen LogP contribution in [0, 0.1) is 11.3 Å². The highest BCUT2D eigenvalue weighted by Crippen LogP contribution is 2.28. The monoisotopic (exact) mass is 315 g/mol. The van der Waals surface area contributed by atoms with Crippen LogP contribution in [0.2, 0.25) is 0 Å². The number of azo groups is 1. The van der Waals surface area contributed by atoms with Crippen LogP contribution in [0.4, 0.5) is 11.5 Å². The average Bonchev–Trinajstić information content (AvgIpc) is 3.05. The molecule has 23 heavy (non-hydrogen) atoms. The summed E-state index contributed by atoms with van der Waals surface area (Å²) in [7, 11) is 0. The fourth-order valence-electron chi connectivity index (χ4n) is 2.25. The molecule has 120 valence electrons. The average molecular weight is 315 g/mol. The van der Waals surface area contributed by atoms with E-state index in [1.807, 2.05) is 19.9 Å². The van der Waals surface area contributed by atoms with Gasteiger partial charge in [-0.05, 0) is 12.8 Å². The van der Waals surface area contributed by atoms with Gasteiger partial charge in [-0.2, -0.15) is 5.26 Å². The molecular formula is C15H17N5O3. The second-order valence-electron chi connectivity index (χ2n) is 4.90. The summed E-state index contributed by atoms with van der Waals surface area (Å²) in [6, 6.07) is 3.46. The number of nitriles is 1. The highest BCUT2D eigenvalue weighted by Gasteiger charge is 2.21. The van der Waals surface area contributed by atoms with E-state index in [4.69, 9.17) is 0 Å². The van der Waals surface area contributed by atoms with Crippen LogP contribution in [0.5, 0.6) is 5.88 Å². The van der Waals surface area contributed by atoms with E-state index in [0.717, 1.165) is 4.57 Å². The lowest BCUT2D eigenvalue weighted by Crippen LogP contribution is -2.22. The predicted octanol–water partition coefficient (Wildman–Crippen LogP) is 3.19. The van der Waals surface area contributed by atoms with Gasteiger partial charge >= 0.3 is 0 Å². The van der Waals surface area contributed by atoms with Crippen LogP contribution in [-0.4, -0.2) is 14.8 Å². The minimum absolute atomic E-state index is 0.0534. The van der Waals surface area contributed by atoms with Gasteiger partial charge in [0.1, 0.15) is 17.9 Å². The summed E-state index contributed by atoms with van der Waals surface area (Å²) < 4.78 is 5.81. The number of aromatic nitrogens is 2. The Hall–Kier alpha value is -2.95. The fraction of sp³-hybridized carbons (Fsp3) is 0.400. The molecule has 2 heterocycles. The lowest BCUT2D eigenvalue weighted by Gasteiger charge is -2.13. The van der Waals surface area contributed by atoms with Gasteiger partial charge in [-0.1, -0.05) is 25.4 Å². The lowest BCUT2D eigenvalue weighted by molar-refractivity contribution is 0.402. The Labute approximate surface area is 132 Å².